The van der Waals surface area contributed by atoms with Crippen molar-refractivity contribution in [2.75, 3.05) is 18.4 Å². The Morgan fingerprint density at radius 1 is 1.03 bits per heavy atom. The molecule has 152 valence electrons. The molecule has 2 aromatic carbocycles. The number of carbonyl (C=O) groups excluding carboxylic acids is 1. The zero-order valence-electron chi connectivity index (χ0n) is 17.1. The molecule has 4 rings (SSSR count). The smallest absolute Gasteiger partial charge is 0.224 e. The van der Waals surface area contributed by atoms with Crippen LogP contribution in [0, 0.1) is 13.8 Å². The standard InChI is InChI=1S/C23H24N6O/c1-16-27-21(15-22(28-16)29-13-12-24-17(29)2)25-10-11-26-23(30)14-19-8-5-7-18-6-3-4-9-20(18)19/h3-9,12-13,15H,10-11,14H2,1-2H3,(H,26,30)(H,25,27,28). The van der Waals surface area contributed by atoms with Gasteiger partial charge < -0.3 is 10.6 Å². The SMILES string of the molecule is Cc1nc(NCCNC(=O)Cc2cccc3ccccc23)cc(-n2ccnc2C)n1. The van der Waals surface area contributed by atoms with Crippen LogP contribution in [0.25, 0.3) is 16.6 Å². The fourth-order valence-corrected chi connectivity index (χ4v) is 3.46. The fraction of sp³-hybridized carbons (Fsp3) is 0.217. The lowest BCUT2D eigenvalue weighted by Gasteiger charge is -2.11. The number of hydrogen-bond acceptors (Lipinski definition) is 5. The summed E-state index contributed by atoms with van der Waals surface area (Å²) in [7, 11) is 0. The van der Waals surface area contributed by atoms with Gasteiger partial charge in [0, 0.05) is 31.5 Å². The molecule has 0 saturated heterocycles. The molecule has 0 saturated carbocycles. The molecule has 0 atom stereocenters. The number of amides is 1. The second-order valence-electron chi connectivity index (χ2n) is 7.09. The maximum absolute atomic E-state index is 12.4. The van der Waals surface area contributed by atoms with E-state index in [0.29, 0.717) is 31.2 Å². The minimum Gasteiger partial charge on any atom is -0.368 e. The lowest BCUT2D eigenvalue weighted by molar-refractivity contribution is -0.120. The van der Waals surface area contributed by atoms with E-state index in [4.69, 9.17) is 0 Å². The summed E-state index contributed by atoms with van der Waals surface area (Å²) in [5.41, 5.74) is 1.03. The van der Waals surface area contributed by atoms with E-state index in [1.807, 2.05) is 54.9 Å². The summed E-state index contributed by atoms with van der Waals surface area (Å²) in [5.74, 6) is 3.01. The van der Waals surface area contributed by atoms with Gasteiger partial charge in [-0.15, -0.1) is 0 Å². The van der Waals surface area contributed by atoms with Crippen LogP contribution in [0.2, 0.25) is 0 Å². The van der Waals surface area contributed by atoms with Gasteiger partial charge in [-0.05, 0) is 30.2 Å². The quantitative estimate of drug-likeness (QED) is 0.466. The first-order valence-electron chi connectivity index (χ1n) is 9.93. The maximum atomic E-state index is 12.4. The molecule has 30 heavy (non-hydrogen) atoms. The van der Waals surface area contributed by atoms with E-state index in [9.17, 15) is 4.79 Å². The van der Waals surface area contributed by atoms with E-state index in [1.165, 1.54) is 0 Å². The monoisotopic (exact) mass is 400 g/mol. The molecule has 7 nitrogen and oxygen atoms in total. The van der Waals surface area contributed by atoms with Crippen molar-refractivity contribution < 1.29 is 4.79 Å². The molecular weight excluding hydrogens is 376 g/mol. The van der Waals surface area contributed by atoms with E-state index in [2.05, 4.69) is 43.8 Å². The first-order valence-corrected chi connectivity index (χ1v) is 9.93. The number of carbonyl (C=O) groups is 1. The summed E-state index contributed by atoms with van der Waals surface area (Å²) < 4.78 is 1.91. The van der Waals surface area contributed by atoms with Crippen LogP contribution < -0.4 is 10.6 Å². The average molecular weight is 400 g/mol. The summed E-state index contributed by atoms with van der Waals surface area (Å²) in [6.07, 6.45) is 3.97. The van der Waals surface area contributed by atoms with Crippen molar-refractivity contribution in [1.29, 1.82) is 0 Å². The predicted octanol–water partition coefficient (Wildman–Crippen LogP) is 3.20. The van der Waals surface area contributed by atoms with Crippen LogP contribution in [0.4, 0.5) is 5.82 Å². The summed E-state index contributed by atoms with van der Waals surface area (Å²) in [5, 5.41) is 8.49. The van der Waals surface area contributed by atoms with Crippen molar-refractivity contribution in [2.45, 2.75) is 20.3 Å². The first kappa shape index (κ1) is 19.6. The normalized spacial score (nSPS) is 10.9. The molecule has 2 N–H and O–H groups in total. The molecule has 2 aromatic heterocycles. The zero-order valence-corrected chi connectivity index (χ0v) is 17.1. The van der Waals surface area contributed by atoms with Crippen molar-refractivity contribution in [2.24, 2.45) is 0 Å². The third-order valence-electron chi connectivity index (χ3n) is 4.88. The van der Waals surface area contributed by atoms with Gasteiger partial charge >= 0.3 is 0 Å². The summed E-state index contributed by atoms with van der Waals surface area (Å²) in [4.78, 5) is 25.5. The van der Waals surface area contributed by atoms with Gasteiger partial charge in [-0.2, -0.15) is 0 Å². The van der Waals surface area contributed by atoms with Gasteiger partial charge in [0.05, 0.1) is 6.42 Å². The number of aryl methyl sites for hydroxylation is 2. The number of benzene rings is 2. The molecular formula is C23H24N6O. The van der Waals surface area contributed by atoms with Crippen LogP contribution in [0.1, 0.15) is 17.2 Å². The summed E-state index contributed by atoms with van der Waals surface area (Å²) in [6, 6.07) is 16.0. The topological polar surface area (TPSA) is 84.7 Å². The number of rotatable bonds is 7. The second kappa shape index (κ2) is 8.73. The molecule has 0 aliphatic carbocycles. The van der Waals surface area contributed by atoms with Gasteiger partial charge in [0.15, 0.2) is 0 Å². The van der Waals surface area contributed by atoms with Crippen LogP contribution in [0.3, 0.4) is 0 Å². The van der Waals surface area contributed by atoms with Gasteiger partial charge in [-0.1, -0.05) is 42.5 Å². The Morgan fingerprint density at radius 3 is 2.70 bits per heavy atom. The Kier molecular flexibility index (Phi) is 5.70. The van der Waals surface area contributed by atoms with E-state index in [0.717, 1.165) is 28.0 Å². The average Bonchev–Trinajstić information content (AvgIpc) is 3.17. The molecule has 1 amide bonds. The number of fused-ring (bicyclic) bond motifs is 1. The van der Waals surface area contributed by atoms with E-state index in [1.54, 1.807) is 6.20 Å². The van der Waals surface area contributed by atoms with Gasteiger partial charge in [-0.3, -0.25) is 9.36 Å². The van der Waals surface area contributed by atoms with Crippen molar-refractivity contribution in [1.82, 2.24) is 24.8 Å². The minimum absolute atomic E-state index is 0.00162. The first-order chi connectivity index (χ1) is 14.6. The van der Waals surface area contributed by atoms with Crippen molar-refractivity contribution in [3.8, 4) is 5.82 Å². The molecule has 0 fully saturated rings. The minimum atomic E-state index is 0.00162. The Balaban J connectivity index is 1.32. The molecule has 4 aromatic rings. The largest absolute Gasteiger partial charge is 0.368 e. The van der Waals surface area contributed by atoms with E-state index < -0.39 is 0 Å². The van der Waals surface area contributed by atoms with E-state index in [-0.39, 0.29) is 5.91 Å². The summed E-state index contributed by atoms with van der Waals surface area (Å²) >= 11 is 0. The second-order valence-corrected chi connectivity index (χ2v) is 7.09. The lowest BCUT2D eigenvalue weighted by atomic mass is 10.0. The molecule has 0 bridgehead atoms. The Hall–Kier alpha value is -3.74. The number of hydrogen-bond donors (Lipinski definition) is 2. The zero-order chi connectivity index (χ0) is 20.9. The molecule has 0 aliphatic rings. The lowest BCUT2D eigenvalue weighted by Crippen LogP contribution is -2.30. The fourth-order valence-electron chi connectivity index (χ4n) is 3.46. The van der Waals surface area contributed by atoms with Crippen LogP contribution in [0.15, 0.2) is 60.9 Å². The number of nitrogens with zero attached hydrogens (tertiary/aromatic N) is 4. The van der Waals surface area contributed by atoms with Crippen molar-refractivity contribution in [3.63, 3.8) is 0 Å². The molecule has 7 heteroatoms. The maximum Gasteiger partial charge on any atom is 0.224 e. The molecule has 2 heterocycles. The summed E-state index contributed by atoms with van der Waals surface area (Å²) in [6.45, 7) is 4.86. The van der Waals surface area contributed by atoms with Crippen molar-refractivity contribution >= 4 is 22.5 Å². The van der Waals surface area contributed by atoms with Gasteiger partial charge in [0.2, 0.25) is 5.91 Å². The van der Waals surface area contributed by atoms with Crippen LogP contribution in [0.5, 0.6) is 0 Å². The van der Waals surface area contributed by atoms with Crippen LogP contribution in [-0.4, -0.2) is 38.5 Å². The number of anilines is 1. The highest BCUT2D eigenvalue weighted by Crippen LogP contribution is 2.18. The predicted molar refractivity (Wildman–Crippen MR) is 118 cm³/mol. The third kappa shape index (κ3) is 4.46. The highest BCUT2D eigenvalue weighted by atomic mass is 16.1. The van der Waals surface area contributed by atoms with E-state index >= 15 is 0 Å². The molecule has 0 spiro atoms. The highest BCUT2D eigenvalue weighted by molar-refractivity contribution is 5.90. The number of imidazole rings is 1. The Morgan fingerprint density at radius 2 is 1.87 bits per heavy atom. The molecule has 0 radical (unpaired) electrons. The van der Waals surface area contributed by atoms with Crippen molar-refractivity contribution in [3.05, 3.63) is 78.1 Å². The molecule has 0 unspecified atom stereocenters. The third-order valence-corrected chi connectivity index (χ3v) is 4.88. The van der Waals surface area contributed by atoms with Gasteiger partial charge in [0.25, 0.3) is 0 Å². The van der Waals surface area contributed by atoms with Crippen LogP contribution in [-0.2, 0) is 11.2 Å². The number of aromatic nitrogens is 4. The van der Waals surface area contributed by atoms with Crippen LogP contribution >= 0.6 is 0 Å². The Labute approximate surface area is 175 Å². The molecule has 0 aliphatic heterocycles. The Bertz CT molecular complexity index is 1180. The highest BCUT2D eigenvalue weighted by Gasteiger charge is 2.08. The van der Waals surface area contributed by atoms with Gasteiger partial charge in [0.1, 0.15) is 23.3 Å². The van der Waals surface area contributed by atoms with Gasteiger partial charge in [-0.25, -0.2) is 15.0 Å². The number of nitrogens with one attached hydrogen (secondary N) is 2.